The SMILES string of the molecule is CC(C)(C)C1CCCC(Nc2ccccc2C#N)CC1. The fraction of sp³-hybridized carbons (Fsp3) is 0.611. The van der Waals surface area contributed by atoms with Crippen molar-refractivity contribution in [3.8, 4) is 6.07 Å². The second kappa shape index (κ2) is 6.31. The van der Waals surface area contributed by atoms with Gasteiger partial charge in [-0.1, -0.05) is 39.3 Å². The molecule has 0 aromatic heterocycles. The molecule has 0 radical (unpaired) electrons. The van der Waals surface area contributed by atoms with Crippen LogP contribution in [-0.4, -0.2) is 6.04 Å². The molecular formula is C18H26N2. The predicted octanol–water partition coefficient (Wildman–Crippen LogP) is 4.97. The van der Waals surface area contributed by atoms with Gasteiger partial charge in [-0.25, -0.2) is 0 Å². The zero-order valence-electron chi connectivity index (χ0n) is 12.9. The average Bonchev–Trinajstić information content (AvgIpc) is 2.64. The molecule has 2 rings (SSSR count). The van der Waals surface area contributed by atoms with E-state index in [1.165, 1.54) is 32.1 Å². The summed E-state index contributed by atoms with van der Waals surface area (Å²) in [5, 5.41) is 12.8. The Morgan fingerprint density at radius 3 is 2.55 bits per heavy atom. The minimum atomic E-state index is 0.416. The van der Waals surface area contributed by atoms with Gasteiger partial charge in [0.15, 0.2) is 0 Å². The molecule has 2 nitrogen and oxygen atoms in total. The van der Waals surface area contributed by atoms with Crippen LogP contribution in [0.15, 0.2) is 24.3 Å². The fourth-order valence-electron chi connectivity index (χ4n) is 3.24. The predicted molar refractivity (Wildman–Crippen MR) is 84.6 cm³/mol. The van der Waals surface area contributed by atoms with E-state index in [0.717, 1.165) is 17.2 Å². The van der Waals surface area contributed by atoms with Gasteiger partial charge in [-0.15, -0.1) is 0 Å². The molecular weight excluding hydrogens is 244 g/mol. The van der Waals surface area contributed by atoms with E-state index >= 15 is 0 Å². The molecule has 1 aliphatic rings. The first kappa shape index (κ1) is 14.9. The molecule has 0 bridgehead atoms. The van der Waals surface area contributed by atoms with Gasteiger partial charge in [-0.2, -0.15) is 5.26 Å². The van der Waals surface area contributed by atoms with Crippen molar-refractivity contribution in [2.24, 2.45) is 11.3 Å². The Kier molecular flexibility index (Phi) is 4.70. The number of nitrogens with zero attached hydrogens (tertiary/aromatic N) is 1. The zero-order chi connectivity index (χ0) is 14.6. The summed E-state index contributed by atoms with van der Waals surface area (Å²) in [6.07, 6.45) is 6.33. The molecule has 0 aliphatic heterocycles. The lowest BCUT2D eigenvalue weighted by atomic mass is 9.76. The number of rotatable bonds is 2. The second-order valence-electron chi connectivity index (χ2n) is 7.07. The third kappa shape index (κ3) is 3.76. The number of nitrogens with one attached hydrogen (secondary N) is 1. The molecule has 0 spiro atoms. The van der Waals surface area contributed by atoms with Crippen molar-refractivity contribution in [1.29, 1.82) is 5.26 Å². The third-order valence-corrected chi connectivity index (χ3v) is 4.60. The van der Waals surface area contributed by atoms with Crippen LogP contribution in [0.1, 0.15) is 58.4 Å². The van der Waals surface area contributed by atoms with Crippen molar-refractivity contribution in [3.63, 3.8) is 0 Å². The molecule has 20 heavy (non-hydrogen) atoms. The van der Waals surface area contributed by atoms with Crippen molar-refractivity contribution in [1.82, 2.24) is 0 Å². The summed E-state index contributed by atoms with van der Waals surface area (Å²) in [7, 11) is 0. The quantitative estimate of drug-likeness (QED) is 0.770. The molecule has 1 N–H and O–H groups in total. The summed E-state index contributed by atoms with van der Waals surface area (Å²) < 4.78 is 0. The van der Waals surface area contributed by atoms with E-state index < -0.39 is 0 Å². The Hall–Kier alpha value is -1.49. The second-order valence-corrected chi connectivity index (χ2v) is 7.07. The molecule has 1 aliphatic carbocycles. The molecule has 108 valence electrons. The van der Waals surface area contributed by atoms with Crippen molar-refractivity contribution in [3.05, 3.63) is 29.8 Å². The van der Waals surface area contributed by atoms with Crippen molar-refractivity contribution >= 4 is 5.69 Å². The Labute approximate surface area is 123 Å². The topological polar surface area (TPSA) is 35.8 Å². The molecule has 1 aromatic rings. The van der Waals surface area contributed by atoms with Crippen molar-refractivity contribution in [2.75, 3.05) is 5.32 Å². The first-order valence-electron chi connectivity index (χ1n) is 7.76. The largest absolute Gasteiger partial charge is 0.381 e. The highest BCUT2D eigenvalue weighted by Crippen LogP contribution is 2.37. The molecule has 0 saturated heterocycles. The molecule has 1 saturated carbocycles. The highest BCUT2D eigenvalue weighted by atomic mass is 14.9. The van der Waals surface area contributed by atoms with E-state index in [-0.39, 0.29) is 0 Å². The normalized spacial score (nSPS) is 23.7. The maximum Gasteiger partial charge on any atom is 0.101 e. The number of benzene rings is 1. The van der Waals surface area contributed by atoms with Crippen LogP contribution >= 0.6 is 0 Å². The van der Waals surface area contributed by atoms with Crippen LogP contribution in [0.5, 0.6) is 0 Å². The molecule has 0 heterocycles. The average molecular weight is 270 g/mol. The van der Waals surface area contributed by atoms with Gasteiger partial charge >= 0.3 is 0 Å². The minimum absolute atomic E-state index is 0.416. The summed E-state index contributed by atoms with van der Waals surface area (Å²) in [4.78, 5) is 0. The van der Waals surface area contributed by atoms with Crippen LogP contribution in [0.3, 0.4) is 0 Å². The van der Waals surface area contributed by atoms with E-state index in [0.29, 0.717) is 11.5 Å². The number of hydrogen-bond donors (Lipinski definition) is 1. The van der Waals surface area contributed by atoms with Crippen LogP contribution in [0, 0.1) is 22.7 Å². The molecule has 0 amide bonds. The highest BCUT2D eigenvalue weighted by Gasteiger charge is 2.27. The van der Waals surface area contributed by atoms with Crippen LogP contribution in [-0.2, 0) is 0 Å². The van der Waals surface area contributed by atoms with E-state index in [9.17, 15) is 0 Å². The Balaban J connectivity index is 2.00. The first-order chi connectivity index (χ1) is 9.50. The summed E-state index contributed by atoms with van der Waals surface area (Å²) in [5.74, 6) is 0.820. The first-order valence-corrected chi connectivity index (χ1v) is 7.76. The van der Waals surface area contributed by atoms with Crippen molar-refractivity contribution in [2.45, 2.75) is 58.9 Å². The van der Waals surface area contributed by atoms with E-state index in [1.807, 2.05) is 24.3 Å². The smallest absolute Gasteiger partial charge is 0.101 e. The molecule has 1 aromatic carbocycles. The molecule has 2 heteroatoms. The van der Waals surface area contributed by atoms with E-state index in [1.54, 1.807) is 0 Å². The van der Waals surface area contributed by atoms with Gasteiger partial charge in [0.2, 0.25) is 0 Å². The number of para-hydroxylation sites is 1. The van der Waals surface area contributed by atoms with Gasteiger partial charge in [0, 0.05) is 6.04 Å². The zero-order valence-corrected chi connectivity index (χ0v) is 12.9. The van der Waals surface area contributed by atoms with Crippen LogP contribution in [0.25, 0.3) is 0 Å². The maximum atomic E-state index is 9.16. The third-order valence-electron chi connectivity index (χ3n) is 4.60. The van der Waals surface area contributed by atoms with E-state index in [2.05, 4.69) is 32.2 Å². The monoisotopic (exact) mass is 270 g/mol. The van der Waals surface area contributed by atoms with Gasteiger partial charge in [-0.05, 0) is 49.1 Å². The molecule has 1 fully saturated rings. The van der Waals surface area contributed by atoms with Crippen molar-refractivity contribution < 1.29 is 0 Å². The summed E-state index contributed by atoms with van der Waals surface area (Å²) in [6.45, 7) is 7.07. The highest BCUT2D eigenvalue weighted by molar-refractivity contribution is 5.57. The lowest BCUT2D eigenvalue weighted by molar-refractivity contribution is 0.214. The summed E-state index contributed by atoms with van der Waals surface area (Å²) >= 11 is 0. The maximum absolute atomic E-state index is 9.16. The van der Waals surface area contributed by atoms with Gasteiger partial charge in [0.25, 0.3) is 0 Å². The van der Waals surface area contributed by atoms with Crippen LogP contribution in [0.2, 0.25) is 0 Å². The molecule has 2 atom stereocenters. The molecule has 2 unspecified atom stereocenters. The van der Waals surface area contributed by atoms with Gasteiger partial charge in [0.05, 0.1) is 11.3 Å². The lowest BCUT2D eigenvalue weighted by Crippen LogP contribution is -2.22. The number of nitriles is 1. The van der Waals surface area contributed by atoms with Crippen LogP contribution < -0.4 is 5.32 Å². The van der Waals surface area contributed by atoms with Gasteiger partial charge < -0.3 is 5.32 Å². The summed E-state index contributed by atoms with van der Waals surface area (Å²) in [5.41, 5.74) is 2.16. The Morgan fingerprint density at radius 2 is 1.85 bits per heavy atom. The van der Waals surface area contributed by atoms with Crippen LogP contribution in [0.4, 0.5) is 5.69 Å². The van der Waals surface area contributed by atoms with Gasteiger partial charge in [0.1, 0.15) is 6.07 Å². The minimum Gasteiger partial charge on any atom is -0.381 e. The Morgan fingerprint density at radius 1 is 1.10 bits per heavy atom. The number of anilines is 1. The standard InChI is InChI=1S/C18H26N2/c1-18(2,3)15-8-6-9-16(12-11-15)20-17-10-5-4-7-14(17)13-19/h4-5,7,10,15-16,20H,6,8-9,11-12H2,1-3H3. The van der Waals surface area contributed by atoms with Gasteiger partial charge in [-0.3, -0.25) is 0 Å². The Bertz CT molecular complexity index is 479. The van der Waals surface area contributed by atoms with E-state index in [4.69, 9.17) is 5.26 Å². The number of hydrogen-bond acceptors (Lipinski definition) is 2. The lowest BCUT2D eigenvalue weighted by Gasteiger charge is -2.29. The fourth-order valence-corrected chi connectivity index (χ4v) is 3.24. The summed E-state index contributed by atoms with van der Waals surface area (Å²) in [6, 6.07) is 10.6.